The zero-order chi connectivity index (χ0) is 13.9. The highest BCUT2D eigenvalue weighted by atomic mass is 79.9. The maximum Gasteiger partial charge on any atom is 0.238 e. The summed E-state index contributed by atoms with van der Waals surface area (Å²) in [6.07, 6.45) is 3.26. The molecule has 19 heavy (non-hydrogen) atoms. The number of anilines is 1. The Hall–Kier alpha value is -0.910. The minimum Gasteiger partial charge on any atom is -0.385 e. The first-order valence-corrected chi connectivity index (χ1v) is 7.27. The van der Waals surface area contributed by atoms with Crippen molar-refractivity contribution in [3.63, 3.8) is 0 Å². The van der Waals surface area contributed by atoms with Gasteiger partial charge in [-0.15, -0.1) is 0 Å². The molecule has 0 spiro atoms. The third-order valence-electron chi connectivity index (χ3n) is 2.62. The molecule has 0 aliphatic heterocycles. The maximum atomic E-state index is 11.6. The quantitative estimate of drug-likeness (QED) is 0.685. The van der Waals surface area contributed by atoms with E-state index < -0.39 is 0 Å². The van der Waals surface area contributed by atoms with E-state index in [9.17, 15) is 4.79 Å². The maximum absolute atomic E-state index is 11.6. The molecule has 0 aliphatic rings. The summed E-state index contributed by atoms with van der Waals surface area (Å²) in [4.78, 5) is 11.6. The highest BCUT2D eigenvalue weighted by molar-refractivity contribution is 9.10. The van der Waals surface area contributed by atoms with E-state index in [-0.39, 0.29) is 5.91 Å². The first-order chi connectivity index (χ1) is 9.22. The highest BCUT2D eigenvalue weighted by Gasteiger charge is 2.01. The minimum atomic E-state index is -0.0146. The van der Waals surface area contributed by atoms with Crippen molar-refractivity contribution in [3.05, 3.63) is 28.7 Å². The van der Waals surface area contributed by atoms with E-state index in [1.54, 1.807) is 7.11 Å². The van der Waals surface area contributed by atoms with Gasteiger partial charge in [-0.2, -0.15) is 0 Å². The number of methoxy groups -OCH3 is 1. The Balaban J connectivity index is 2.06. The van der Waals surface area contributed by atoms with Crippen LogP contribution in [0.25, 0.3) is 0 Å². The van der Waals surface area contributed by atoms with Crippen LogP contribution >= 0.6 is 15.9 Å². The molecule has 1 aromatic rings. The fraction of sp³-hybridized carbons (Fsp3) is 0.500. The molecule has 1 aromatic carbocycles. The second-order valence-electron chi connectivity index (χ2n) is 4.29. The van der Waals surface area contributed by atoms with Crippen LogP contribution in [0.5, 0.6) is 0 Å². The van der Waals surface area contributed by atoms with Gasteiger partial charge in [-0.1, -0.05) is 15.9 Å². The largest absolute Gasteiger partial charge is 0.385 e. The molecule has 106 valence electrons. The molecule has 0 fully saturated rings. The number of ether oxygens (including phenoxy) is 1. The van der Waals surface area contributed by atoms with Gasteiger partial charge in [0, 0.05) is 23.9 Å². The van der Waals surface area contributed by atoms with Crippen molar-refractivity contribution in [1.82, 2.24) is 5.32 Å². The van der Waals surface area contributed by atoms with Gasteiger partial charge in [0.05, 0.1) is 6.54 Å². The average molecular weight is 329 g/mol. The van der Waals surface area contributed by atoms with Gasteiger partial charge in [0.2, 0.25) is 5.91 Å². The van der Waals surface area contributed by atoms with E-state index in [4.69, 9.17) is 4.74 Å². The lowest BCUT2D eigenvalue weighted by Gasteiger charge is -2.07. The lowest BCUT2D eigenvalue weighted by Crippen LogP contribution is -2.28. The predicted octanol–water partition coefficient (Wildman–Crippen LogP) is 2.79. The summed E-state index contributed by atoms with van der Waals surface area (Å²) in [7, 11) is 1.71. The number of carbonyl (C=O) groups is 1. The van der Waals surface area contributed by atoms with Crippen molar-refractivity contribution in [3.8, 4) is 0 Å². The Morgan fingerprint density at radius 1 is 1.21 bits per heavy atom. The van der Waals surface area contributed by atoms with Crippen LogP contribution in [0.4, 0.5) is 5.69 Å². The standard InChI is InChI=1S/C14H21BrN2O2/c1-19-10-4-2-3-9-16-11-14(18)17-13-7-5-12(15)6-8-13/h5-8,16H,2-4,9-11H2,1H3,(H,17,18). The van der Waals surface area contributed by atoms with Crippen LogP contribution in [0.3, 0.4) is 0 Å². The summed E-state index contributed by atoms with van der Waals surface area (Å²) in [5.74, 6) is -0.0146. The Morgan fingerprint density at radius 2 is 1.95 bits per heavy atom. The monoisotopic (exact) mass is 328 g/mol. The van der Waals surface area contributed by atoms with Gasteiger partial charge in [-0.05, 0) is 50.1 Å². The summed E-state index contributed by atoms with van der Waals surface area (Å²) < 4.78 is 5.97. The molecule has 1 rings (SSSR count). The SMILES string of the molecule is COCCCCCNCC(=O)Nc1ccc(Br)cc1. The minimum absolute atomic E-state index is 0.0146. The molecule has 0 heterocycles. The molecule has 0 unspecified atom stereocenters. The number of nitrogens with one attached hydrogen (secondary N) is 2. The van der Waals surface area contributed by atoms with E-state index in [0.29, 0.717) is 6.54 Å². The number of carbonyl (C=O) groups excluding carboxylic acids is 1. The average Bonchev–Trinajstić information content (AvgIpc) is 2.40. The van der Waals surface area contributed by atoms with E-state index in [1.807, 2.05) is 24.3 Å². The van der Waals surface area contributed by atoms with Crippen LogP contribution in [0, 0.1) is 0 Å². The zero-order valence-corrected chi connectivity index (χ0v) is 12.8. The van der Waals surface area contributed by atoms with Gasteiger partial charge in [0.25, 0.3) is 0 Å². The van der Waals surface area contributed by atoms with Crippen LogP contribution in [-0.2, 0) is 9.53 Å². The van der Waals surface area contributed by atoms with Crippen molar-refractivity contribution in [2.75, 3.05) is 32.1 Å². The van der Waals surface area contributed by atoms with E-state index in [2.05, 4.69) is 26.6 Å². The van der Waals surface area contributed by atoms with Crippen LogP contribution in [0.1, 0.15) is 19.3 Å². The first-order valence-electron chi connectivity index (χ1n) is 6.47. The lowest BCUT2D eigenvalue weighted by molar-refractivity contribution is -0.115. The van der Waals surface area contributed by atoms with Crippen LogP contribution in [0.15, 0.2) is 28.7 Å². The number of amides is 1. The second kappa shape index (κ2) is 9.95. The third kappa shape index (κ3) is 7.97. The summed E-state index contributed by atoms with van der Waals surface area (Å²) in [5.41, 5.74) is 0.815. The summed E-state index contributed by atoms with van der Waals surface area (Å²) in [6.45, 7) is 2.02. The predicted molar refractivity (Wildman–Crippen MR) is 81.4 cm³/mol. The van der Waals surface area contributed by atoms with Crippen molar-refractivity contribution >= 4 is 27.5 Å². The fourth-order valence-electron chi connectivity index (χ4n) is 1.61. The molecule has 0 bridgehead atoms. The Labute approximate surface area is 123 Å². The van der Waals surface area contributed by atoms with Crippen molar-refractivity contribution in [1.29, 1.82) is 0 Å². The normalized spacial score (nSPS) is 10.4. The molecular weight excluding hydrogens is 308 g/mol. The highest BCUT2D eigenvalue weighted by Crippen LogP contribution is 2.13. The van der Waals surface area contributed by atoms with E-state index >= 15 is 0 Å². The molecule has 0 atom stereocenters. The molecule has 0 saturated heterocycles. The summed E-state index contributed by atoms with van der Waals surface area (Å²) >= 11 is 3.35. The van der Waals surface area contributed by atoms with Crippen molar-refractivity contribution < 1.29 is 9.53 Å². The number of unbranched alkanes of at least 4 members (excludes halogenated alkanes) is 2. The molecule has 4 nitrogen and oxygen atoms in total. The molecule has 5 heteroatoms. The number of hydrogen-bond donors (Lipinski definition) is 2. The van der Waals surface area contributed by atoms with Crippen molar-refractivity contribution in [2.24, 2.45) is 0 Å². The third-order valence-corrected chi connectivity index (χ3v) is 3.14. The van der Waals surface area contributed by atoms with Crippen molar-refractivity contribution in [2.45, 2.75) is 19.3 Å². The molecule has 0 saturated carbocycles. The topological polar surface area (TPSA) is 50.4 Å². The second-order valence-corrected chi connectivity index (χ2v) is 5.20. The number of benzene rings is 1. The van der Waals surface area contributed by atoms with Gasteiger partial charge >= 0.3 is 0 Å². The van der Waals surface area contributed by atoms with Crippen LogP contribution in [-0.4, -0.2) is 32.7 Å². The number of halogens is 1. The molecule has 0 aliphatic carbocycles. The zero-order valence-electron chi connectivity index (χ0n) is 11.2. The molecule has 0 aromatic heterocycles. The van der Waals surface area contributed by atoms with E-state index in [1.165, 1.54) is 0 Å². The smallest absolute Gasteiger partial charge is 0.238 e. The van der Waals surface area contributed by atoms with Gasteiger partial charge in [0.15, 0.2) is 0 Å². The Bertz CT molecular complexity index is 368. The molecule has 1 amide bonds. The van der Waals surface area contributed by atoms with E-state index in [0.717, 1.165) is 42.6 Å². The molecule has 2 N–H and O–H groups in total. The number of rotatable bonds is 9. The Morgan fingerprint density at radius 3 is 2.63 bits per heavy atom. The van der Waals surface area contributed by atoms with Gasteiger partial charge in [-0.25, -0.2) is 0 Å². The fourth-order valence-corrected chi connectivity index (χ4v) is 1.88. The van der Waals surface area contributed by atoms with Gasteiger partial charge in [0.1, 0.15) is 0 Å². The summed E-state index contributed by atoms with van der Waals surface area (Å²) in [5, 5.41) is 5.97. The van der Waals surface area contributed by atoms with Crippen LogP contribution < -0.4 is 10.6 Å². The lowest BCUT2D eigenvalue weighted by atomic mass is 10.2. The summed E-state index contributed by atoms with van der Waals surface area (Å²) in [6, 6.07) is 7.54. The van der Waals surface area contributed by atoms with Crippen LogP contribution in [0.2, 0.25) is 0 Å². The molecule has 0 radical (unpaired) electrons. The number of hydrogen-bond acceptors (Lipinski definition) is 3. The Kier molecular flexibility index (Phi) is 8.45. The van der Waals surface area contributed by atoms with Gasteiger partial charge < -0.3 is 15.4 Å². The molecular formula is C14H21BrN2O2. The first kappa shape index (κ1) is 16.1. The van der Waals surface area contributed by atoms with Gasteiger partial charge in [-0.3, -0.25) is 4.79 Å².